The van der Waals surface area contributed by atoms with Crippen LogP contribution in [0.15, 0.2) is 142 Å². The molecule has 1 aliphatic heterocycles. The smallest absolute Gasteiger partial charge is 0.226 e. The van der Waals surface area contributed by atoms with E-state index in [-0.39, 0.29) is 0 Å². The number of hydrogen-bond donors (Lipinski definition) is 0. The van der Waals surface area contributed by atoms with Crippen molar-refractivity contribution in [2.24, 2.45) is 4.99 Å². The number of rotatable bonds is 6. The molecule has 0 atom stereocenters. The number of nitrogens with zero attached hydrogens (tertiary/aromatic N) is 3. The molecule has 0 radical (unpaired) electrons. The van der Waals surface area contributed by atoms with Gasteiger partial charge in [0.15, 0.2) is 11.5 Å². The summed E-state index contributed by atoms with van der Waals surface area (Å²) in [7, 11) is 0. The molecule has 3 heterocycles. The second-order valence-electron chi connectivity index (χ2n) is 9.33. The van der Waals surface area contributed by atoms with Gasteiger partial charge in [-0.1, -0.05) is 78.9 Å². The van der Waals surface area contributed by atoms with Gasteiger partial charge in [-0.15, -0.1) is 0 Å². The Bertz CT molecular complexity index is 1740. The molecule has 2 aromatic heterocycles. The van der Waals surface area contributed by atoms with Gasteiger partial charge in [0, 0.05) is 39.6 Å². The summed E-state index contributed by atoms with van der Waals surface area (Å²) in [5, 5.41) is 0. The molecule has 7 rings (SSSR count). The summed E-state index contributed by atoms with van der Waals surface area (Å²) >= 11 is 0. The predicted octanol–water partition coefficient (Wildman–Crippen LogP) is 8.15. The lowest BCUT2D eigenvalue weighted by atomic mass is 10.0. The second-order valence-corrected chi connectivity index (χ2v) is 9.33. The fraction of sp³-hybridized carbons (Fsp3) is 0.0294. The first-order valence-corrected chi connectivity index (χ1v) is 12.9. The van der Waals surface area contributed by atoms with Gasteiger partial charge in [0.05, 0.1) is 12.4 Å². The first-order valence-electron chi connectivity index (χ1n) is 12.9. The highest BCUT2D eigenvalue weighted by atomic mass is 16.5. The van der Waals surface area contributed by atoms with E-state index < -0.39 is 0 Å². The molecule has 0 bridgehead atoms. The Balaban J connectivity index is 1.30. The molecule has 40 heavy (non-hydrogen) atoms. The Labute approximate surface area is 231 Å². The molecule has 0 spiro atoms. The van der Waals surface area contributed by atoms with Crippen LogP contribution in [0.5, 0.6) is 0 Å². The highest BCUT2D eigenvalue weighted by Gasteiger charge is 2.19. The Kier molecular flexibility index (Phi) is 6.11. The summed E-state index contributed by atoms with van der Waals surface area (Å²) in [5.74, 6) is 2.86. The van der Waals surface area contributed by atoms with E-state index in [9.17, 15) is 0 Å². The average molecular weight is 522 g/mol. The fourth-order valence-electron chi connectivity index (χ4n) is 4.61. The van der Waals surface area contributed by atoms with Crippen LogP contribution < -0.4 is 0 Å². The number of benzene rings is 4. The lowest BCUT2D eigenvalue weighted by molar-refractivity contribution is 0.354. The molecule has 0 aliphatic carbocycles. The van der Waals surface area contributed by atoms with Crippen molar-refractivity contribution in [1.82, 2.24) is 9.97 Å². The van der Waals surface area contributed by atoms with Gasteiger partial charge in [0.25, 0.3) is 0 Å². The molecule has 6 nitrogen and oxygen atoms in total. The molecule has 0 fully saturated rings. The Morgan fingerprint density at radius 2 is 1.02 bits per heavy atom. The number of aliphatic imine (C=N–C) groups is 1. The van der Waals surface area contributed by atoms with Gasteiger partial charge in [0.2, 0.25) is 17.7 Å². The van der Waals surface area contributed by atoms with Crippen molar-refractivity contribution in [3.05, 3.63) is 139 Å². The van der Waals surface area contributed by atoms with Crippen LogP contribution >= 0.6 is 0 Å². The third-order valence-electron chi connectivity index (χ3n) is 6.65. The minimum Gasteiger partial charge on any atom is -0.472 e. The van der Waals surface area contributed by atoms with Gasteiger partial charge >= 0.3 is 0 Å². The monoisotopic (exact) mass is 521 g/mol. The first kappa shape index (κ1) is 23.6. The molecular formula is C34H23N3O3. The molecule has 0 saturated heterocycles. The quantitative estimate of drug-likeness (QED) is 0.221. The summed E-state index contributed by atoms with van der Waals surface area (Å²) < 4.78 is 18.5. The zero-order chi connectivity index (χ0) is 26.7. The fourth-order valence-corrected chi connectivity index (χ4v) is 4.61. The van der Waals surface area contributed by atoms with Gasteiger partial charge in [-0.25, -0.2) is 15.0 Å². The number of ether oxygens (including phenoxy) is 1. The lowest BCUT2D eigenvalue weighted by Gasteiger charge is -2.16. The number of aromatic nitrogens is 2. The molecule has 192 valence electrons. The van der Waals surface area contributed by atoms with Crippen LogP contribution in [0.25, 0.3) is 51.1 Å². The van der Waals surface area contributed by atoms with Gasteiger partial charge in [0.1, 0.15) is 6.61 Å². The van der Waals surface area contributed by atoms with Crippen LogP contribution in [0.1, 0.15) is 11.1 Å². The Morgan fingerprint density at radius 1 is 0.500 bits per heavy atom. The summed E-state index contributed by atoms with van der Waals surface area (Å²) in [4.78, 5) is 13.8. The topological polar surface area (TPSA) is 73.7 Å². The Hall–Kier alpha value is -5.49. The standard InChI is InChI=1S/C34H23N3O3/c1-4-10-23(11-5-1)29-19-35-32(38-22-29)27-16-26(31-21-36-33(40-31)25-14-8-3-9-15-25)17-28(18-27)34-37-20-30(39-34)24-12-6-2-7-13-24/h1-21H,22H2. The van der Waals surface area contributed by atoms with Crippen LogP contribution in [-0.4, -0.2) is 22.5 Å². The largest absolute Gasteiger partial charge is 0.472 e. The van der Waals surface area contributed by atoms with E-state index in [0.29, 0.717) is 35.8 Å². The lowest BCUT2D eigenvalue weighted by Crippen LogP contribution is -2.13. The Morgan fingerprint density at radius 3 is 1.65 bits per heavy atom. The summed E-state index contributed by atoms with van der Waals surface area (Å²) in [6.45, 7) is 0.417. The molecule has 6 aromatic rings. The molecule has 0 saturated carbocycles. The van der Waals surface area contributed by atoms with Crippen LogP contribution in [0.3, 0.4) is 0 Å². The second kappa shape index (κ2) is 10.3. The zero-order valence-corrected chi connectivity index (χ0v) is 21.4. The summed E-state index contributed by atoms with van der Waals surface area (Å²) in [5.41, 5.74) is 6.34. The van der Waals surface area contributed by atoms with Crippen molar-refractivity contribution in [3.63, 3.8) is 0 Å². The van der Waals surface area contributed by atoms with Crippen molar-refractivity contribution in [2.75, 3.05) is 6.61 Å². The van der Waals surface area contributed by atoms with Crippen LogP contribution in [-0.2, 0) is 4.74 Å². The maximum absolute atomic E-state index is 6.19. The van der Waals surface area contributed by atoms with Crippen molar-refractivity contribution in [1.29, 1.82) is 0 Å². The maximum Gasteiger partial charge on any atom is 0.226 e. The van der Waals surface area contributed by atoms with Crippen LogP contribution in [0, 0.1) is 0 Å². The van der Waals surface area contributed by atoms with Gasteiger partial charge in [-0.2, -0.15) is 0 Å². The van der Waals surface area contributed by atoms with Crippen molar-refractivity contribution in [2.45, 2.75) is 0 Å². The number of oxazole rings is 2. The van der Waals surface area contributed by atoms with E-state index in [1.807, 2.05) is 103 Å². The molecule has 0 N–H and O–H groups in total. The third kappa shape index (κ3) is 4.74. The highest BCUT2D eigenvalue weighted by Crippen LogP contribution is 2.33. The summed E-state index contributed by atoms with van der Waals surface area (Å²) in [6, 6.07) is 35.8. The SMILES string of the molecule is C1=C(c2ccccc2)COC(c2cc(-c3cnc(-c4ccccc4)o3)cc(-c3ncc(-c4ccccc4)o3)c2)=N1. The molecular weight excluding hydrogens is 498 g/mol. The van der Waals surface area contributed by atoms with Crippen LogP contribution in [0.2, 0.25) is 0 Å². The predicted molar refractivity (Wildman–Crippen MR) is 155 cm³/mol. The van der Waals surface area contributed by atoms with Crippen molar-refractivity contribution < 1.29 is 13.6 Å². The van der Waals surface area contributed by atoms with Gasteiger partial charge < -0.3 is 13.6 Å². The molecule has 6 heteroatoms. The average Bonchev–Trinajstić information content (AvgIpc) is 3.74. The van der Waals surface area contributed by atoms with Gasteiger partial charge in [-0.3, -0.25) is 0 Å². The molecule has 0 amide bonds. The first-order chi connectivity index (χ1) is 19.8. The van der Waals surface area contributed by atoms with E-state index in [2.05, 4.69) is 27.1 Å². The normalized spacial score (nSPS) is 12.9. The van der Waals surface area contributed by atoms with Crippen molar-refractivity contribution >= 4 is 11.5 Å². The minimum atomic E-state index is 0.417. The van der Waals surface area contributed by atoms with E-state index in [1.165, 1.54) is 0 Å². The molecule has 0 unspecified atom stereocenters. The third-order valence-corrected chi connectivity index (χ3v) is 6.65. The molecule has 1 aliphatic rings. The number of hydrogen-bond acceptors (Lipinski definition) is 6. The van der Waals surface area contributed by atoms with Gasteiger partial charge in [-0.05, 0) is 35.9 Å². The maximum atomic E-state index is 6.19. The van der Waals surface area contributed by atoms with E-state index in [1.54, 1.807) is 12.4 Å². The highest BCUT2D eigenvalue weighted by molar-refractivity contribution is 5.98. The molecule has 4 aromatic carbocycles. The van der Waals surface area contributed by atoms with Crippen LogP contribution in [0.4, 0.5) is 0 Å². The zero-order valence-electron chi connectivity index (χ0n) is 21.4. The summed E-state index contributed by atoms with van der Waals surface area (Å²) in [6.07, 6.45) is 5.33. The van der Waals surface area contributed by atoms with Crippen molar-refractivity contribution in [3.8, 4) is 45.6 Å². The van der Waals surface area contributed by atoms with E-state index in [0.717, 1.165) is 39.0 Å². The van der Waals surface area contributed by atoms with E-state index in [4.69, 9.17) is 13.6 Å². The minimum absolute atomic E-state index is 0.417. The van der Waals surface area contributed by atoms with E-state index >= 15 is 0 Å².